The molecule has 1 aromatic carbocycles. The van der Waals surface area contributed by atoms with Gasteiger partial charge in [0.25, 0.3) is 5.91 Å². The van der Waals surface area contributed by atoms with Crippen molar-refractivity contribution in [2.45, 2.75) is 18.9 Å². The molecular weight excluding hydrogens is 257 g/mol. The molecule has 1 aliphatic heterocycles. The molecule has 1 aromatic rings. The Morgan fingerprint density at radius 3 is 2.67 bits per heavy atom. The van der Waals surface area contributed by atoms with Crippen LogP contribution in [0.1, 0.15) is 22.3 Å². The topological polar surface area (TPSA) is 98.1 Å². The van der Waals surface area contributed by atoms with E-state index in [1.54, 1.807) is 24.3 Å². The van der Waals surface area contributed by atoms with E-state index in [0.29, 0.717) is 17.0 Å². The molecule has 3 N–H and O–H groups in total. The molecule has 7 heteroatoms. The molecule has 1 unspecified atom stereocenters. The molecule has 1 heterocycles. The fraction of sp³-hybridized carbons (Fsp3) is 0.364. The Hall–Kier alpha value is -1.20. The molecule has 0 aromatic heterocycles. The van der Waals surface area contributed by atoms with Crippen molar-refractivity contribution >= 4 is 13.5 Å². The van der Waals surface area contributed by atoms with E-state index >= 15 is 0 Å². The summed E-state index contributed by atoms with van der Waals surface area (Å²) in [5.41, 5.74) is 1.23. The van der Waals surface area contributed by atoms with Crippen LogP contribution in [0.4, 0.5) is 0 Å². The van der Waals surface area contributed by atoms with E-state index in [9.17, 15) is 14.6 Å². The lowest BCUT2D eigenvalue weighted by molar-refractivity contribution is -0.0926. The first-order valence-electron chi connectivity index (χ1n) is 5.53. The van der Waals surface area contributed by atoms with Crippen molar-refractivity contribution in [2.24, 2.45) is 0 Å². The van der Waals surface area contributed by atoms with Crippen LogP contribution in [0.25, 0.3) is 0 Å². The lowest BCUT2D eigenvalue weighted by atomic mass is 9.94. The Morgan fingerprint density at radius 1 is 1.33 bits per heavy atom. The molecule has 0 bridgehead atoms. The number of amides is 1. The monoisotopic (exact) mass is 271 g/mol. The second-order valence-electron chi connectivity index (χ2n) is 4.34. The van der Waals surface area contributed by atoms with Gasteiger partial charge >= 0.3 is 7.60 Å². The van der Waals surface area contributed by atoms with Gasteiger partial charge in [-0.05, 0) is 24.5 Å². The SMILES string of the molecule is O=C1c2ccccc2CC(CCP(=O)(O)O)N1O. The Morgan fingerprint density at radius 2 is 2.00 bits per heavy atom. The molecule has 0 spiro atoms. The van der Waals surface area contributed by atoms with E-state index in [1.165, 1.54) is 0 Å². The highest BCUT2D eigenvalue weighted by Gasteiger charge is 2.32. The molecule has 0 aliphatic carbocycles. The highest BCUT2D eigenvalue weighted by molar-refractivity contribution is 7.51. The molecule has 18 heavy (non-hydrogen) atoms. The maximum atomic E-state index is 11.8. The first-order chi connectivity index (χ1) is 8.38. The van der Waals surface area contributed by atoms with E-state index < -0.39 is 19.5 Å². The summed E-state index contributed by atoms with van der Waals surface area (Å²) in [6.07, 6.45) is 0.128. The normalized spacial score (nSPS) is 19.8. The van der Waals surface area contributed by atoms with Gasteiger partial charge in [-0.1, -0.05) is 18.2 Å². The van der Waals surface area contributed by atoms with Crippen molar-refractivity contribution in [3.8, 4) is 0 Å². The Labute approximate surface area is 104 Å². The Kier molecular flexibility index (Phi) is 3.54. The Balaban J connectivity index is 2.17. The van der Waals surface area contributed by atoms with Gasteiger partial charge in [0.2, 0.25) is 0 Å². The summed E-state index contributed by atoms with van der Waals surface area (Å²) in [7, 11) is -4.11. The van der Waals surface area contributed by atoms with Crippen LogP contribution in [-0.4, -0.2) is 38.2 Å². The number of fused-ring (bicyclic) bond motifs is 1. The molecule has 0 radical (unpaired) electrons. The minimum atomic E-state index is -4.11. The van der Waals surface area contributed by atoms with Crippen LogP contribution in [0.15, 0.2) is 24.3 Å². The van der Waals surface area contributed by atoms with Gasteiger partial charge in [0.15, 0.2) is 0 Å². The van der Waals surface area contributed by atoms with Crippen molar-refractivity contribution in [3.63, 3.8) is 0 Å². The first kappa shape index (κ1) is 13.2. The van der Waals surface area contributed by atoms with Crippen molar-refractivity contribution in [3.05, 3.63) is 35.4 Å². The van der Waals surface area contributed by atoms with Crippen molar-refractivity contribution < 1.29 is 24.4 Å². The molecule has 0 saturated carbocycles. The van der Waals surface area contributed by atoms with E-state index in [1.807, 2.05) is 0 Å². The smallest absolute Gasteiger partial charge is 0.324 e. The van der Waals surface area contributed by atoms with E-state index in [0.717, 1.165) is 5.56 Å². The van der Waals surface area contributed by atoms with Gasteiger partial charge < -0.3 is 9.79 Å². The van der Waals surface area contributed by atoms with Crippen LogP contribution in [-0.2, 0) is 11.0 Å². The average molecular weight is 271 g/mol. The molecule has 1 amide bonds. The van der Waals surface area contributed by atoms with E-state index in [4.69, 9.17) is 9.79 Å². The average Bonchev–Trinajstić information content (AvgIpc) is 2.31. The van der Waals surface area contributed by atoms with Crippen LogP contribution in [0.5, 0.6) is 0 Å². The summed E-state index contributed by atoms with van der Waals surface area (Å²) in [4.78, 5) is 29.5. The molecule has 1 atom stereocenters. The molecule has 0 fully saturated rings. The molecule has 2 rings (SSSR count). The van der Waals surface area contributed by atoms with E-state index in [-0.39, 0.29) is 12.6 Å². The fourth-order valence-corrected chi connectivity index (χ4v) is 2.71. The summed E-state index contributed by atoms with van der Waals surface area (Å²) < 4.78 is 10.8. The predicted molar refractivity (Wildman–Crippen MR) is 63.4 cm³/mol. The van der Waals surface area contributed by atoms with Crippen molar-refractivity contribution in [1.82, 2.24) is 5.06 Å². The third-order valence-electron chi connectivity index (χ3n) is 3.01. The van der Waals surface area contributed by atoms with Gasteiger partial charge in [0.1, 0.15) is 0 Å². The number of rotatable bonds is 3. The zero-order valence-corrected chi connectivity index (χ0v) is 10.5. The number of nitrogens with zero attached hydrogens (tertiary/aromatic N) is 1. The molecule has 6 nitrogen and oxygen atoms in total. The summed E-state index contributed by atoms with van der Waals surface area (Å²) in [5, 5.41) is 10.3. The van der Waals surface area contributed by atoms with Crippen molar-refractivity contribution in [2.75, 3.05) is 6.16 Å². The minimum absolute atomic E-state index is 0.0703. The van der Waals surface area contributed by atoms with E-state index in [2.05, 4.69) is 0 Å². The van der Waals surface area contributed by atoms with Crippen LogP contribution >= 0.6 is 7.60 Å². The van der Waals surface area contributed by atoms with Crippen LogP contribution in [0.2, 0.25) is 0 Å². The summed E-state index contributed by atoms with van der Waals surface area (Å²) >= 11 is 0. The lowest BCUT2D eigenvalue weighted by Crippen LogP contribution is -2.43. The second-order valence-corrected chi connectivity index (χ2v) is 6.12. The second kappa shape index (κ2) is 4.82. The zero-order valence-electron chi connectivity index (χ0n) is 9.56. The predicted octanol–water partition coefficient (Wildman–Crippen LogP) is 1.01. The highest BCUT2D eigenvalue weighted by Crippen LogP contribution is 2.36. The van der Waals surface area contributed by atoms with Crippen molar-refractivity contribution in [1.29, 1.82) is 0 Å². The standard InChI is InChI=1S/C11H14NO5P/c13-11-10-4-2-1-3-8(10)7-9(12(11)14)5-6-18(15,16)17/h1-4,9,14H,5-7H2,(H2,15,16,17). The van der Waals surface area contributed by atoms with Gasteiger partial charge in [-0.25, -0.2) is 5.06 Å². The largest absolute Gasteiger partial charge is 0.325 e. The number of hydrogen-bond acceptors (Lipinski definition) is 3. The number of hydroxylamine groups is 2. The van der Waals surface area contributed by atoms with Gasteiger partial charge in [0.05, 0.1) is 12.2 Å². The molecule has 98 valence electrons. The number of benzene rings is 1. The van der Waals surface area contributed by atoms with Gasteiger partial charge in [-0.2, -0.15) is 0 Å². The van der Waals surface area contributed by atoms with Gasteiger partial charge in [-0.15, -0.1) is 0 Å². The first-order valence-corrected chi connectivity index (χ1v) is 7.33. The van der Waals surface area contributed by atoms with Crippen LogP contribution < -0.4 is 0 Å². The summed E-state index contributed by atoms with van der Waals surface area (Å²) in [5.74, 6) is -0.521. The number of carbonyl (C=O) groups is 1. The van der Waals surface area contributed by atoms with Gasteiger partial charge in [0, 0.05) is 5.56 Å². The van der Waals surface area contributed by atoms with Gasteiger partial charge in [-0.3, -0.25) is 14.6 Å². The van der Waals surface area contributed by atoms with Crippen LogP contribution in [0.3, 0.4) is 0 Å². The zero-order chi connectivity index (χ0) is 13.3. The highest BCUT2D eigenvalue weighted by atomic mass is 31.2. The summed E-state index contributed by atoms with van der Waals surface area (Å²) in [6.45, 7) is 0. The lowest BCUT2D eigenvalue weighted by Gasteiger charge is -2.31. The number of hydrogen-bond donors (Lipinski definition) is 3. The third kappa shape index (κ3) is 2.79. The quantitative estimate of drug-likeness (QED) is 0.563. The molecule has 0 saturated heterocycles. The maximum absolute atomic E-state index is 11.8. The summed E-state index contributed by atoms with van der Waals surface area (Å²) in [6, 6.07) is 6.32. The Bertz CT molecular complexity index is 512. The fourth-order valence-electron chi connectivity index (χ4n) is 2.08. The van der Waals surface area contributed by atoms with Crippen LogP contribution in [0, 0.1) is 0 Å². The maximum Gasteiger partial charge on any atom is 0.325 e. The third-order valence-corrected chi connectivity index (χ3v) is 3.85. The molecular formula is C11H14NO5P. The number of carbonyl (C=O) groups excluding carboxylic acids is 1. The minimum Gasteiger partial charge on any atom is -0.324 e. The molecule has 1 aliphatic rings.